The van der Waals surface area contributed by atoms with Crippen LogP contribution in [0.15, 0.2) is 187 Å². The highest BCUT2D eigenvalue weighted by Crippen LogP contribution is 2.49. The Labute approximate surface area is 758 Å². The molecule has 129 heavy (non-hydrogen) atoms. The largest absolute Gasteiger partial charge is 0.481 e. The summed E-state index contributed by atoms with van der Waals surface area (Å²) in [6, 6.07) is 39.4. The van der Waals surface area contributed by atoms with Gasteiger partial charge in [-0.05, 0) is 222 Å². The Balaban J connectivity index is 0.000000181. The van der Waals surface area contributed by atoms with Gasteiger partial charge in [0.25, 0.3) is 5.91 Å². The van der Waals surface area contributed by atoms with E-state index in [0.717, 1.165) is 90.3 Å². The van der Waals surface area contributed by atoms with E-state index in [1.165, 1.54) is 35.4 Å². The number of hydrogen-bond acceptors (Lipinski definition) is 17. The number of carboxylic acid groups (broad SMARTS) is 1. The number of amides is 1. The van der Waals surface area contributed by atoms with Crippen LogP contribution in [0, 0.1) is 70.3 Å². The fraction of sp³-hybridized carbons (Fsp3) is 0.500. The number of aliphatic hydroxyl groups is 6. The second-order valence-corrected chi connectivity index (χ2v) is 37.5. The SMILES string of the molecule is CC(C)c1c(C(=O)Nc2ccccc2)c(-c2ccccc2)c(-c2ccc(F)cc2)n1CC[C@H](O)C[C@H](O)CC(=O)O.CC(C)n1c(/C=C/[C@H](O)C[C@H](O)CC=O)c(-c2ccc(F)cc2)c2ccccc21.CCC(C)(C)C(=O)O[C@H]1C[C@@H](C)C=C2C=C[C@H](C)[C@H](CC[C@@H]3C[C@@H](O)CC(=O)O3)[C@H]21.CC[C@H](C)C(=O)O[C@H]1C[C@@H](C)C=C2C=C[C@H](C)[C@H](CC[C@@H]3C[C@@H](O)CC(=O)O3)[C@H]21. The molecular formula is C106H135F2N3O18. The first-order valence-corrected chi connectivity index (χ1v) is 46.3. The summed E-state index contributed by atoms with van der Waals surface area (Å²) >= 11 is 0. The van der Waals surface area contributed by atoms with Crippen LogP contribution in [-0.4, -0.2) is 148 Å². The Morgan fingerprint density at radius 3 is 1.64 bits per heavy atom. The lowest BCUT2D eigenvalue weighted by molar-refractivity contribution is -0.166. The lowest BCUT2D eigenvalue weighted by Crippen LogP contribution is -2.43. The number of nitrogens with zero attached hydrogens (tertiary/aromatic N) is 2. The number of anilines is 1. The molecule has 13 rings (SSSR count). The number of aromatic nitrogens is 2. The molecule has 7 aromatic rings. The van der Waals surface area contributed by atoms with Crippen molar-refractivity contribution in [1.82, 2.24) is 9.13 Å². The topological polar surface area (TPSA) is 320 Å². The van der Waals surface area contributed by atoms with Gasteiger partial charge in [0.15, 0.2) is 0 Å². The lowest BCUT2D eigenvalue weighted by Gasteiger charge is -2.44. The first-order valence-electron chi connectivity index (χ1n) is 46.3. The van der Waals surface area contributed by atoms with Gasteiger partial charge in [-0.15, -0.1) is 0 Å². The summed E-state index contributed by atoms with van der Waals surface area (Å²) in [7, 11) is 0. The van der Waals surface area contributed by atoms with Crippen LogP contribution < -0.4 is 5.32 Å². The number of ether oxygens (including phenoxy) is 4. The predicted octanol–water partition coefficient (Wildman–Crippen LogP) is 19.8. The van der Waals surface area contributed by atoms with Crippen molar-refractivity contribution in [1.29, 1.82) is 0 Å². The number of nitrogens with one attached hydrogen (secondary N) is 1. The van der Waals surface area contributed by atoms with E-state index >= 15 is 0 Å². The van der Waals surface area contributed by atoms with Crippen LogP contribution >= 0.6 is 0 Å². The molecule has 2 fully saturated rings. The highest BCUT2D eigenvalue weighted by Gasteiger charge is 2.46. The Hall–Kier alpha value is -10.3. The molecule has 19 atom stereocenters. The van der Waals surface area contributed by atoms with Crippen molar-refractivity contribution < 1.29 is 97.0 Å². The molecule has 23 heteroatoms. The average Bonchev–Trinajstić information content (AvgIpc) is 1.74. The van der Waals surface area contributed by atoms with Crippen LogP contribution in [-0.2, 0) is 54.3 Å². The number of para-hydroxylation sites is 2. The quantitative estimate of drug-likeness (QED) is 0.0110. The molecule has 1 amide bonds. The molecule has 2 saturated heterocycles. The van der Waals surface area contributed by atoms with Gasteiger partial charge in [-0.1, -0.05) is 184 Å². The normalized spacial score (nSPS) is 24.2. The molecule has 2 aromatic heterocycles. The molecule has 0 bridgehead atoms. The smallest absolute Gasteiger partial charge is 0.311 e. The number of aliphatic carboxylic acids is 1. The number of aliphatic hydroxyl groups excluding tert-OH is 6. The molecule has 0 saturated carbocycles. The zero-order chi connectivity index (χ0) is 93.7. The van der Waals surface area contributed by atoms with E-state index in [-0.39, 0.29) is 141 Å². The first-order chi connectivity index (χ1) is 61.4. The van der Waals surface area contributed by atoms with Crippen molar-refractivity contribution in [2.75, 3.05) is 5.32 Å². The van der Waals surface area contributed by atoms with E-state index in [4.69, 9.17) is 24.1 Å². The summed E-state index contributed by atoms with van der Waals surface area (Å²) in [5.41, 5.74) is 10.6. The number of rotatable bonds is 32. The van der Waals surface area contributed by atoms with Gasteiger partial charge < -0.3 is 73.9 Å². The van der Waals surface area contributed by atoms with Gasteiger partial charge >= 0.3 is 29.8 Å². The number of carbonyl (C=O) groups excluding carboxylic acids is 6. The third-order valence-electron chi connectivity index (χ3n) is 26.2. The molecule has 2 aliphatic heterocycles. The van der Waals surface area contributed by atoms with E-state index in [0.29, 0.717) is 82.7 Å². The van der Waals surface area contributed by atoms with Crippen molar-refractivity contribution in [3.8, 4) is 33.5 Å². The van der Waals surface area contributed by atoms with Gasteiger partial charge in [0, 0.05) is 89.2 Å². The number of esters is 4. The molecule has 6 aliphatic rings. The van der Waals surface area contributed by atoms with Crippen LogP contribution in [0.25, 0.3) is 50.5 Å². The third-order valence-corrected chi connectivity index (χ3v) is 26.2. The Bertz CT molecular complexity index is 5070. The van der Waals surface area contributed by atoms with Gasteiger partial charge in [0.1, 0.15) is 42.3 Å². The van der Waals surface area contributed by atoms with Crippen LogP contribution in [0.1, 0.15) is 233 Å². The summed E-state index contributed by atoms with van der Waals surface area (Å²) in [6.45, 7) is 27.1. The fourth-order valence-electron chi connectivity index (χ4n) is 19.0. The number of aldehydes is 1. The summed E-state index contributed by atoms with van der Waals surface area (Å²) in [5, 5.41) is 73.7. The minimum atomic E-state index is -1.18. The van der Waals surface area contributed by atoms with E-state index < -0.39 is 54.4 Å². The standard InChI is InChI=1S/C33H35FN2O5.C25H38O5.C24H26FNO3.C24H36O5/c1-21(2)31-30(33(41)35-25-11-7-4-8-12-25)29(22-9-5-3-6-10-22)32(23-13-15-24(34)16-14-23)36(31)18-17-26(37)19-27(38)20-28(39)40;1-6-25(4,5)24(28)30-21-12-15(2)11-17-8-7-16(3)20(23(17)21)10-9-19-13-18(26)14-22(27)29-19;1-16(2)26-22-6-4-3-5-21(22)24(17-7-9-18(25)10-8-17)23(26)12-11-19(28)15-20(29)13-14-27;1-5-15(3)24(27)29-21-11-14(2)10-17-7-6-16(4)20(23(17)21)9-8-19-12-18(25)13-22(26)28-19/h3-16,21,26-27,37-38H,17-20H2,1-2H3,(H,35,41)(H,39,40);7-8,11,15-16,18-21,23,26H,6,9-10,12-14H2,1-5H3;3-12,14,16,19-20,28-29H,13,15H2,1-2H3;6-7,10,14-16,18-21,23,25H,5,8-9,11-13H2,1-4H3/b;;12-11+;/t26-,27-;15-,16-,18+,19+,20-,21-,23-;19-,20+;14-,15-,16-,18+,19+,20-,21-,23-/m0000/s1. The molecule has 0 spiro atoms. The molecule has 5 aromatic carbocycles. The van der Waals surface area contributed by atoms with Crippen LogP contribution in [0.3, 0.4) is 0 Å². The molecule has 0 radical (unpaired) electrons. The van der Waals surface area contributed by atoms with Gasteiger partial charge in [-0.25, -0.2) is 8.78 Å². The maximum Gasteiger partial charge on any atom is 0.311 e. The predicted molar refractivity (Wildman–Crippen MR) is 498 cm³/mol. The second kappa shape index (κ2) is 47.0. The highest BCUT2D eigenvalue weighted by molar-refractivity contribution is 6.12. The van der Waals surface area contributed by atoms with Crippen LogP contribution in [0.2, 0.25) is 0 Å². The van der Waals surface area contributed by atoms with E-state index in [2.05, 4.69) is 87.9 Å². The number of cyclic esters (lactones) is 2. The average molecular weight is 1780 g/mol. The number of halogens is 2. The highest BCUT2D eigenvalue weighted by atomic mass is 19.1. The molecule has 4 aliphatic carbocycles. The minimum Gasteiger partial charge on any atom is -0.481 e. The summed E-state index contributed by atoms with van der Waals surface area (Å²) < 4.78 is 54.8. The fourth-order valence-corrected chi connectivity index (χ4v) is 19.0. The second-order valence-electron chi connectivity index (χ2n) is 37.5. The van der Waals surface area contributed by atoms with Crippen molar-refractivity contribution in [2.24, 2.45) is 58.7 Å². The zero-order valence-corrected chi connectivity index (χ0v) is 77.0. The zero-order valence-electron chi connectivity index (χ0n) is 77.0. The van der Waals surface area contributed by atoms with E-state index in [9.17, 15) is 73.0 Å². The minimum absolute atomic E-state index is 0.00200. The Morgan fingerprint density at radius 2 is 1.13 bits per heavy atom. The van der Waals surface area contributed by atoms with Crippen molar-refractivity contribution >= 4 is 64.7 Å². The number of benzene rings is 5. The maximum atomic E-state index is 14.0. The van der Waals surface area contributed by atoms with E-state index in [1.807, 2.05) is 144 Å². The maximum absolute atomic E-state index is 14.0. The van der Waals surface area contributed by atoms with Gasteiger partial charge in [-0.2, -0.15) is 0 Å². The Morgan fingerprint density at radius 1 is 0.620 bits per heavy atom. The molecule has 4 heterocycles. The van der Waals surface area contributed by atoms with Crippen molar-refractivity contribution in [3.05, 3.63) is 216 Å². The number of fused-ring (bicyclic) bond motifs is 3. The van der Waals surface area contributed by atoms with Gasteiger partial charge in [0.05, 0.1) is 78.5 Å². The summed E-state index contributed by atoms with van der Waals surface area (Å²) in [4.78, 5) is 84.3. The summed E-state index contributed by atoms with van der Waals surface area (Å²) in [5.74, 6) is -0.697. The number of hydrogen-bond donors (Lipinski definition) is 8. The summed E-state index contributed by atoms with van der Waals surface area (Å²) in [6.07, 6.45) is 19.3. The number of carboxylic acids is 1. The van der Waals surface area contributed by atoms with Gasteiger partial charge in [0.2, 0.25) is 0 Å². The Kier molecular flexibility index (Phi) is 36.8. The lowest BCUT2D eigenvalue weighted by atomic mass is 9.65. The molecule has 696 valence electrons. The van der Waals surface area contributed by atoms with Crippen LogP contribution in [0.5, 0.6) is 0 Å². The molecular weight excluding hydrogens is 1640 g/mol. The van der Waals surface area contributed by atoms with E-state index in [1.54, 1.807) is 30.3 Å². The first kappa shape index (κ1) is 101. The van der Waals surface area contributed by atoms with Crippen molar-refractivity contribution in [2.45, 2.75) is 279 Å². The van der Waals surface area contributed by atoms with Gasteiger partial charge in [-0.3, -0.25) is 28.8 Å². The van der Waals surface area contributed by atoms with Crippen molar-refractivity contribution in [3.63, 3.8) is 0 Å². The van der Waals surface area contributed by atoms with Crippen LogP contribution in [0.4, 0.5) is 14.5 Å². The number of allylic oxidation sites excluding steroid dienone is 6. The monoisotopic (exact) mass is 1780 g/mol. The third kappa shape index (κ3) is 27.2. The molecule has 21 nitrogen and oxygen atoms in total. The molecule has 0 unspecified atom stereocenters. The number of carbonyl (C=O) groups is 7. The molecule has 8 N–H and O–H groups in total.